The van der Waals surface area contributed by atoms with Crippen molar-refractivity contribution in [3.8, 4) is 5.75 Å². The van der Waals surface area contributed by atoms with Gasteiger partial charge in [0.1, 0.15) is 16.4 Å². The van der Waals surface area contributed by atoms with Gasteiger partial charge in [0.05, 0.1) is 6.20 Å². The van der Waals surface area contributed by atoms with E-state index >= 15 is 0 Å². The summed E-state index contributed by atoms with van der Waals surface area (Å²) >= 11 is 0. The Bertz CT molecular complexity index is 779. The van der Waals surface area contributed by atoms with Gasteiger partial charge in [-0.15, -0.1) is 0 Å². The van der Waals surface area contributed by atoms with E-state index in [1.54, 1.807) is 24.4 Å². The van der Waals surface area contributed by atoms with E-state index in [1.165, 1.54) is 14.1 Å². The highest BCUT2D eigenvalue weighted by molar-refractivity contribution is 7.89. The van der Waals surface area contributed by atoms with E-state index in [4.69, 9.17) is 9.15 Å². The highest BCUT2D eigenvalue weighted by Gasteiger charge is 2.23. The molecule has 6 nitrogen and oxygen atoms in total. The number of aromatic nitrogens is 1. The molecule has 2 aromatic rings. The highest BCUT2D eigenvalue weighted by Crippen LogP contribution is 2.28. The second-order valence-corrected chi connectivity index (χ2v) is 7.96. The summed E-state index contributed by atoms with van der Waals surface area (Å²) < 4.78 is 37.2. The minimum Gasteiger partial charge on any atom is -0.482 e. The van der Waals surface area contributed by atoms with E-state index in [-0.39, 0.29) is 23.2 Å². The summed E-state index contributed by atoms with van der Waals surface area (Å²) in [5.74, 6) is 1.71. The lowest BCUT2D eigenvalue weighted by Gasteiger charge is -2.15. The van der Waals surface area contributed by atoms with Crippen LogP contribution in [-0.4, -0.2) is 31.8 Å². The average molecular weight is 338 g/mol. The van der Waals surface area contributed by atoms with Crippen molar-refractivity contribution < 1.29 is 17.6 Å². The molecule has 0 saturated heterocycles. The maximum absolute atomic E-state index is 12.4. The molecule has 0 atom stereocenters. The largest absolute Gasteiger partial charge is 0.482 e. The van der Waals surface area contributed by atoms with Gasteiger partial charge >= 0.3 is 0 Å². The zero-order chi connectivity index (χ0) is 17.2. The number of benzene rings is 1. The van der Waals surface area contributed by atoms with Gasteiger partial charge < -0.3 is 9.15 Å². The Balaban J connectivity index is 2.26. The fourth-order valence-corrected chi connectivity index (χ4v) is 3.04. The summed E-state index contributed by atoms with van der Waals surface area (Å²) in [7, 11) is -0.604. The smallest absolute Gasteiger partial charge is 0.246 e. The molecular weight excluding hydrogens is 316 g/mol. The molecule has 23 heavy (non-hydrogen) atoms. The second-order valence-electron chi connectivity index (χ2n) is 5.84. The Morgan fingerprint density at radius 1 is 1.30 bits per heavy atom. The highest BCUT2D eigenvalue weighted by atomic mass is 32.2. The molecule has 0 aliphatic carbocycles. The van der Waals surface area contributed by atoms with Crippen molar-refractivity contribution in [2.24, 2.45) is 0 Å². The summed E-state index contributed by atoms with van der Waals surface area (Å²) in [6, 6.07) is 5.05. The maximum Gasteiger partial charge on any atom is 0.246 e. The van der Waals surface area contributed by atoms with Crippen LogP contribution in [0.2, 0.25) is 0 Å². The predicted molar refractivity (Wildman–Crippen MR) is 87.0 cm³/mol. The molecule has 1 heterocycles. The lowest BCUT2D eigenvalue weighted by Crippen LogP contribution is -2.23. The third kappa shape index (κ3) is 3.92. The van der Waals surface area contributed by atoms with Crippen molar-refractivity contribution in [1.82, 2.24) is 9.29 Å². The van der Waals surface area contributed by atoms with Gasteiger partial charge in [0.25, 0.3) is 0 Å². The SMILES string of the molecule is Cc1ccc(OCc2ncc(C(C)C)o2)c(S(=O)(=O)N(C)C)c1. The van der Waals surface area contributed by atoms with E-state index in [1.807, 2.05) is 20.8 Å². The monoisotopic (exact) mass is 338 g/mol. The van der Waals surface area contributed by atoms with Gasteiger partial charge in [-0.3, -0.25) is 0 Å². The summed E-state index contributed by atoms with van der Waals surface area (Å²) in [4.78, 5) is 4.28. The van der Waals surface area contributed by atoms with E-state index in [2.05, 4.69) is 4.98 Å². The van der Waals surface area contributed by atoms with Crippen LogP contribution >= 0.6 is 0 Å². The quantitative estimate of drug-likeness (QED) is 0.810. The number of ether oxygens (including phenoxy) is 1. The topological polar surface area (TPSA) is 72.6 Å². The fourth-order valence-electron chi connectivity index (χ4n) is 1.93. The predicted octanol–water partition coefficient (Wildman–Crippen LogP) is 2.94. The summed E-state index contributed by atoms with van der Waals surface area (Å²) in [6.45, 7) is 5.92. The normalized spacial score (nSPS) is 12.1. The molecule has 0 N–H and O–H groups in total. The first-order valence-corrected chi connectivity index (χ1v) is 8.76. The van der Waals surface area contributed by atoms with Gasteiger partial charge in [-0.2, -0.15) is 0 Å². The molecule has 0 aliphatic rings. The number of hydrogen-bond donors (Lipinski definition) is 0. The number of sulfonamides is 1. The lowest BCUT2D eigenvalue weighted by atomic mass is 10.2. The van der Waals surface area contributed by atoms with Gasteiger partial charge in [0, 0.05) is 20.0 Å². The van der Waals surface area contributed by atoms with E-state index in [0.29, 0.717) is 5.89 Å². The average Bonchev–Trinajstić information content (AvgIpc) is 2.94. The number of rotatable bonds is 6. The zero-order valence-corrected chi connectivity index (χ0v) is 14.8. The Morgan fingerprint density at radius 2 is 2.00 bits per heavy atom. The van der Waals surface area contributed by atoms with Crippen molar-refractivity contribution in [3.05, 3.63) is 41.6 Å². The standard InChI is InChI=1S/C16H22N2O4S/c1-11(2)14-9-17-16(22-14)10-21-13-7-6-12(3)8-15(13)23(19,20)18(4)5/h6-9,11H,10H2,1-5H3. The van der Waals surface area contributed by atoms with E-state index < -0.39 is 10.0 Å². The van der Waals surface area contributed by atoms with Crippen LogP contribution in [0.1, 0.15) is 37.0 Å². The number of hydrogen-bond acceptors (Lipinski definition) is 5. The molecule has 0 spiro atoms. The van der Waals surface area contributed by atoms with Gasteiger partial charge in [-0.1, -0.05) is 19.9 Å². The van der Waals surface area contributed by atoms with Crippen LogP contribution in [0.15, 0.2) is 33.7 Å². The van der Waals surface area contributed by atoms with Crippen LogP contribution in [0.4, 0.5) is 0 Å². The van der Waals surface area contributed by atoms with Crippen molar-refractivity contribution in [2.75, 3.05) is 14.1 Å². The molecule has 0 aliphatic heterocycles. The third-order valence-electron chi connectivity index (χ3n) is 3.35. The van der Waals surface area contributed by atoms with Crippen LogP contribution in [0.25, 0.3) is 0 Å². The van der Waals surface area contributed by atoms with E-state index in [9.17, 15) is 8.42 Å². The molecule has 0 amide bonds. The summed E-state index contributed by atoms with van der Waals surface area (Å²) in [5.41, 5.74) is 0.844. The van der Waals surface area contributed by atoms with Crippen molar-refractivity contribution in [1.29, 1.82) is 0 Å². The maximum atomic E-state index is 12.4. The first kappa shape index (κ1) is 17.5. The van der Waals surface area contributed by atoms with Gasteiger partial charge in [0.2, 0.25) is 15.9 Å². The first-order chi connectivity index (χ1) is 10.7. The molecule has 0 unspecified atom stereocenters. The third-order valence-corrected chi connectivity index (χ3v) is 5.19. The molecule has 0 fully saturated rings. The van der Waals surface area contributed by atoms with Crippen LogP contribution < -0.4 is 4.74 Å². The Hall–Kier alpha value is -1.86. The van der Waals surface area contributed by atoms with Crippen molar-refractivity contribution in [2.45, 2.75) is 38.2 Å². The number of aryl methyl sites for hydroxylation is 1. The van der Waals surface area contributed by atoms with Gasteiger partial charge in [-0.25, -0.2) is 17.7 Å². The molecule has 1 aromatic heterocycles. The zero-order valence-electron chi connectivity index (χ0n) is 14.0. The van der Waals surface area contributed by atoms with Crippen LogP contribution in [0, 0.1) is 6.92 Å². The van der Waals surface area contributed by atoms with Gasteiger partial charge in [0.15, 0.2) is 6.61 Å². The van der Waals surface area contributed by atoms with Gasteiger partial charge in [-0.05, 0) is 24.6 Å². The van der Waals surface area contributed by atoms with E-state index in [0.717, 1.165) is 15.6 Å². The summed E-state index contributed by atoms with van der Waals surface area (Å²) in [5, 5.41) is 0. The van der Waals surface area contributed by atoms with Crippen LogP contribution in [0.5, 0.6) is 5.75 Å². The number of nitrogens with zero attached hydrogens (tertiary/aromatic N) is 2. The molecule has 2 rings (SSSR count). The molecular formula is C16H22N2O4S. The minimum atomic E-state index is -3.59. The van der Waals surface area contributed by atoms with Crippen molar-refractivity contribution in [3.63, 3.8) is 0 Å². The molecule has 0 radical (unpaired) electrons. The molecule has 1 aromatic carbocycles. The molecule has 7 heteroatoms. The Morgan fingerprint density at radius 3 is 2.57 bits per heavy atom. The molecule has 0 saturated carbocycles. The number of oxazole rings is 1. The summed E-state index contributed by atoms with van der Waals surface area (Å²) in [6.07, 6.45) is 1.66. The second kappa shape index (κ2) is 6.72. The Labute approximate surface area is 137 Å². The van der Waals surface area contributed by atoms with Crippen LogP contribution in [0.3, 0.4) is 0 Å². The lowest BCUT2D eigenvalue weighted by molar-refractivity contribution is 0.251. The van der Waals surface area contributed by atoms with Crippen LogP contribution in [-0.2, 0) is 16.6 Å². The Kier molecular flexibility index (Phi) is 5.11. The fraction of sp³-hybridized carbons (Fsp3) is 0.438. The molecule has 126 valence electrons. The van der Waals surface area contributed by atoms with Crippen molar-refractivity contribution >= 4 is 10.0 Å². The molecule has 0 bridgehead atoms. The first-order valence-electron chi connectivity index (χ1n) is 7.32. The minimum absolute atomic E-state index is 0.0751.